The number of nitrogens with zero attached hydrogens (tertiary/aromatic N) is 4. The van der Waals surface area contributed by atoms with Crippen LogP contribution in [0.2, 0.25) is 0 Å². The lowest BCUT2D eigenvalue weighted by molar-refractivity contribution is 0.0526. The van der Waals surface area contributed by atoms with Crippen LogP contribution in [0.3, 0.4) is 0 Å². The van der Waals surface area contributed by atoms with E-state index in [1.54, 1.807) is 37.6 Å². The highest BCUT2D eigenvalue weighted by Gasteiger charge is 2.10. The van der Waals surface area contributed by atoms with Crippen molar-refractivity contribution in [2.24, 2.45) is 0 Å². The van der Waals surface area contributed by atoms with Crippen molar-refractivity contribution in [3.63, 3.8) is 0 Å². The van der Waals surface area contributed by atoms with E-state index in [1.807, 2.05) is 10.7 Å². The molecule has 26 heavy (non-hydrogen) atoms. The smallest absolute Gasteiger partial charge is 0.338 e. The quantitative estimate of drug-likeness (QED) is 0.553. The standard InChI is InChI=1S/C18H17N5O3/c1-2-26-17(25)12-3-4-15-13(9-12)11-20-23(15)7-5-14-10-16(24)22-8-6-19-18(22)21-14/h3-4,6,8-11H,2,5,7H2,1H3,(H,19,21). The first-order chi connectivity index (χ1) is 12.7. The number of ether oxygens (including phenoxy) is 1. The number of aromatic amines is 1. The molecule has 1 aromatic carbocycles. The summed E-state index contributed by atoms with van der Waals surface area (Å²) in [6.45, 7) is 2.69. The largest absolute Gasteiger partial charge is 0.462 e. The van der Waals surface area contributed by atoms with Gasteiger partial charge in [0.25, 0.3) is 5.56 Å². The number of aryl methyl sites for hydroxylation is 2. The van der Waals surface area contributed by atoms with Gasteiger partial charge in [-0.05, 0) is 25.1 Å². The highest BCUT2D eigenvalue weighted by Crippen LogP contribution is 2.17. The zero-order valence-corrected chi connectivity index (χ0v) is 14.2. The Morgan fingerprint density at radius 2 is 2.19 bits per heavy atom. The number of hydrogen-bond acceptors (Lipinski definition) is 5. The van der Waals surface area contributed by atoms with Crippen molar-refractivity contribution in [1.82, 2.24) is 24.1 Å². The van der Waals surface area contributed by atoms with E-state index in [-0.39, 0.29) is 11.5 Å². The first kappa shape index (κ1) is 16.1. The molecule has 0 aliphatic rings. The van der Waals surface area contributed by atoms with E-state index >= 15 is 0 Å². The summed E-state index contributed by atoms with van der Waals surface area (Å²) in [5, 5.41) is 5.24. The van der Waals surface area contributed by atoms with Crippen LogP contribution < -0.4 is 5.56 Å². The Balaban J connectivity index is 1.57. The van der Waals surface area contributed by atoms with Crippen LogP contribution in [0.1, 0.15) is 23.0 Å². The summed E-state index contributed by atoms with van der Waals surface area (Å²) in [6.07, 6.45) is 5.61. The van der Waals surface area contributed by atoms with Crippen LogP contribution in [0, 0.1) is 0 Å². The SMILES string of the molecule is CCOC(=O)c1ccc2c(cnn2CCc2cc(=O)n3cc[nH]c3n2)c1. The van der Waals surface area contributed by atoms with Crippen molar-refractivity contribution in [2.75, 3.05) is 6.61 Å². The minimum Gasteiger partial charge on any atom is -0.462 e. The lowest BCUT2D eigenvalue weighted by Gasteiger charge is -2.05. The monoisotopic (exact) mass is 351 g/mol. The predicted molar refractivity (Wildman–Crippen MR) is 95.2 cm³/mol. The van der Waals surface area contributed by atoms with Gasteiger partial charge in [-0.1, -0.05) is 0 Å². The molecule has 3 heterocycles. The highest BCUT2D eigenvalue weighted by atomic mass is 16.5. The fraction of sp³-hybridized carbons (Fsp3) is 0.222. The number of aromatic nitrogens is 5. The van der Waals surface area contributed by atoms with Gasteiger partial charge in [-0.2, -0.15) is 5.10 Å². The van der Waals surface area contributed by atoms with Crippen molar-refractivity contribution >= 4 is 22.6 Å². The second-order valence-corrected chi connectivity index (χ2v) is 5.85. The summed E-state index contributed by atoms with van der Waals surface area (Å²) >= 11 is 0. The molecule has 0 saturated carbocycles. The Morgan fingerprint density at radius 3 is 3.04 bits per heavy atom. The maximum absolute atomic E-state index is 12.0. The Morgan fingerprint density at radius 1 is 1.31 bits per heavy atom. The van der Waals surface area contributed by atoms with Crippen molar-refractivity contribution in [2.45, 2.75) is 19.9 Å². The van der Waals surface area contributed by atoms with Gasteiger partial charge < -0.3 is 9.72 Å². The third-order valence-electron chi connectivity index (χ3n) is 4.17. The van der Waals surface area contributed by atoms with E-state index in [0.29, 0.717) is 36.6 Å². The second-order valence-electron chi connectivity index (χ2n) is 5.85. The lowest BCUT2D eigenvalue weighted by Crippen LogP contribution is -2.15. The molecule has 8 nitrogen and oxygen atoms in total. The third kappa shape index (κ3) is 2.85. The number of hydrogen-bond donors (Lipinski definition) is 1. The van der Waals surface area contributed by atoms with Crippen LogP contribution in [-0.2, 0) is 17.7 Å². The zero-order valence-electron chi connectivity index (χ0n) is 14.2. The normalized spacial score (nSPS) is 11.3. The second kappa shape index (κ2) is 6.47. The summed E-state index contributed by atoms with van der Waals surface area (Å²) in [5.74, 6) is 0.183. The minimum absolute atomic E-state index is 0.115. The summed E-state index contributed by atoms with van der Waals surface area (Å²) in [6, 6.07) is 6.89. The van der Waals surface area contributed by atoms with Gasteiger partial charge >= 0.3 is 5.97 Å². The molecule has 0 spiro atoms. The summed E-state index contributed by atoms with van der Waals surface area (Å²) in [5.41, 5.74) is 2.00. The van der Waals surface area contributed by atoms with Gasteiger partial charge in [-0.15, -0.1) is 0 Å². The number of benzene rings is 1. The van der Waals surface area contributed by atoms with Crippen LogP contribution in [0.4, 0.5) is 0 Å². The highest BCUT2D eigenvalue weighted by molar-refractivity contribution is 5.94. The minimum atomic E-state index is -0.342. The maximum atomic E-state index is 12.0. The average Bonchev–Trinajstić information content (AvgIpc) is 3.26. The van der Waals surface area contributed by atoms with Gasteiger partial charge in [0, 0.05) is 36.8 Å². The third-order valence-corrected chi connectivity index (χ3v) is 4.17. The van der Waals surface area contributed by atoms with E-state index in [0.717, 1.165) is 10.9 Å². The number of rotatable bonds is 5. The molecule has 0 amide bonds. The zero-order chi connectivity index (χ0) is 18.1. The summed E-state index contributed by atoms with van der Waals surface area (Å²) in [4.78, 5) is 31.2. The van der Waals surface area contributed by atoms with Gasteiger partial charge in [-0.3, -0.25) is 13.9 Å². The Kier molecular flexibility index (Phi) is 4.00. The van der Waals surface area contributed by atoms with Crippen LogP contribution in [0.25, 0.3) is 16.7 Å². The number of carbonyl (C=O) groups is 1. The topological polar surface area (TPSA) is 94.3 Å². The number of H-pyrrole nitrogens is 1. The molecule has 0 fully saturated rings. The average molecular weight is 351 g/mol. The first-order valence-corrected chi connectivity index (χ1v) is 8.34. The van der Waals surface area contributed by atoms with Crippen molar-refractivity contribution in [1.29, 1.82) is 0 Å². The number of esters is 1. The molecule has 0 bridgehead atoms. The number of imidazole rings is 1. The molecule has 0 atom stereocenters. The summed E-state index contributed by atoms with van der Waals surface area (Å²) in [7, 11) is 0. The Bertz CT molecular complexity index is 1150. The molecule has 4 rings (SSSR count). The van der Waals surface area contributed by atoms with Crippen molar-refractivity contribution < 1.29 is 9.53 Å². The molecule has 0 saturated heterocycles. The van der Waals surface area contributed by atoms with Gasteiger partial charge in [0.15, 0.2) is 0 Å². The molecule has 8 heteroatoms. The molecular formula is C18H17N5O3. The number of carbonyl (C=O) groups excluding carboxylic acids is 1. The van der Waals surface area contributed by atoms with E-state index in [1.165, 1.54) is 10.5 Å². The van der Waals surface area contributed by atoms with E-state index in [9.17, 15) is 9.59 Å². The van der Waals surface area contributed by atoms with Crippen LogP contribution >= 0.6 is 0 Å². The number of fused-ring (bicyclic) bond motifs is 2. The van der Waals surface area contributed by atoms with Gasteiger partial charge in [0.2, 0.25) is 5.78 Å². The van der Waals surface area contributed by atoms with Crippen LogP contribution in [0.15, 0.2) is 47.7 Å². The molecule has 0 aliphatic carbocycles. The van der Waals surface area contributed by atoms with Crippen LogP contribution in [-0.4, -0.2) is 36.7 Å². The molecule has 1 N–H and O–H groups in total. The molecule has 0 unspecified atom stereocenters. The fourth-order valence-electron chi connectivity index (χ4n) is 2.93. The molecule has 4 aromatic rings. The van der Waals surface area contributed by atoms with Crippen molar-refractivity contribution in [3.8, 4) is 0 Å². The molecule has 0 aliphatic heterocycles. The fourth-order valence-corrected chi connectivity index (χ4v) is 2.93. The maximum Gasteiger partial charge on any atom is 0.338 e. The molecule has 3 aromatic heterocycles. The van der Waals surface area contributed by atoms with Gasteiger partial charge in [0.1, 0.15) is 0 Å². The van der Waals surface area contributed by atoms with Crippen molar-refractivity contribution in [3.05, 3.63) is 64.5 Å². The molecule has 132 valence electrons. The molecule has 0 radical (unpaired) electrons. The van der Waals surface area contributed by atoms with E-state index < -0.39 is 0 Å². The number of nitrogens with one attached hydrogen (secondary N) is 1. The predicted octanol–water partition coefficient (Wildman–Crippen LogP) is 1.79. The molecular weight excluding hydrogens is 334 g/mol. The van der Waals surface area contributed by atoms with E-state index in [4.69, 9.17) is 4.74 Å². The Hall–Kier alpha value is -3.42. The Labute approximate surface area is 148 Å². The van der Waals surface area contributed by atoms with E-state index in [2.05, 4.69) is 15.1 Å². The lowest BCUT2D eigenvalue weighted by atomic mass is 10.1. The van der Waals surface area contributed by atoms with Crippen LogP contribution in [0.5, 0.6) is 0 Å². The summed E-state index contributed by atoms with van der Waals surface area (Å²) < 4.78 is 8.32. The first-order valence-electron chi connectivity index (χ1n) is 8.34. The van der Waals surface area contributed by atoms with Gasteiger partial charge in [-0.25, -0.2) is 9.78 Å². The van der Waals surface area contributed by atoms with Gasteiger partial charge in [0.05, 0.1) is 29.6 Å².